The fraction of sp³-hybridized carbons (Fsp3) is 0.522. The number of allylic oxidation sites excluding steroid dienone is 1. The summed E-state index contributed by atoms with van der Waals surface area (Å²) >= 11 is 1.44. The third-order valence-electron chi connectivity index (χ3n) is 7.52. The maximum atomic E-state index is 12.7. The second-order valence-corrected chi connectivity index (χ2v) is 10.0. The van der Waals surface area contributed by atoms with Crippen molar-refractivity contribution in [3.05, 3.63) is 43.0 Å². The topological polar surface area (TPSA) is 59.8 Å². The number of rotatable bonds is 7. The van der Waals surface area contributed by atoms with Crippen LogP contribution in [0.5, 0.6) is 0 Å². The van der Waals surface area contributed by atoms with Crippen LogP contribution in [0.4, 0.5) is 0 Å². The van der Waals surface area contributed by atoms with E-state index in [1.165, 1.54) is 24.6 Å². The van der Waals surface area contributed by atoms with E-state index < -0.39 is 0 Å². The number of hydrogen-bond acceptors (Lipinski definition) is 4. The van der Waals surface area contributed by atoms with Crippen molar-refractivity contribution in [2.24, 2.45) is 16.7 Å². The SMILES string of the molecule is C=CCn1c(SCC(=O)NC2CC3CCC2(C)C3(C)C)nnc1-c1ccccc1. The Morgan fingerprint density at radius 3 is 2.69 bits per heavy atom. The lowest BCUT2D eigenvalue weighted by atomic mass is 9.69. The van der Waals surface area contributed by atoms with Crippen molar-refractivity contribution in [3.8, 4) is 11.4 Å². The molecule has 154 valence electrons. The summed E-state index contributed by atoms with van der Waals surface area (Å²) in [6, 6.07) is 10.3. The Bertz CT molecular complexity index is 907. The molecule has 0 spiro atoms. The number of fused-ring (bicyclic) bond motifs is 2. The average Bonchev–Trinajstić information content (AvgIpc) is 3.26. The van der Waals surface area contributed by atoms with Crippen LogP contribution in [0.2, 0.25) is 0 Å². The van der Waals surface area contributed by atoms with Crippen LogP contribution < -0.4 is 5.32 Å². The third kappa shape index (κ3) is 3.41. The van der Waals surface area contributed by atoms with Gasteiger partial charge in [0.2, 0.25) is 5.91 Å². The van der Waals surface area contributed by atoms with Crippen LogP contribution in [-0.4, -0.2) is 32.5 Å². The zero-order chi connectivity index (χ0) is 20.6. The molecule has 2 aliphatic carbocycles. The van der Waals surface area contributed by atoms with Crippen LogP contribution in [0.3, 0.4) is 0 Å². The van der Waals surface area contributed by atoms with Crippen LogP contribution in [0.25, 0.3) is 11.4 Å². The van der Waals surface area contributed by atoms with Gasteiger partial charge >= 0.3 is 0 Å². The van der Waals surface area contributed by atoms with Gasteiger partial charge in [-0.15, -0.1) is 16.8 Å². The number of amides is 1. The highest BCUT2D eigenvalue weighted by Gasteiger charge is 2.61. The van der Waals surface area contributed by atoms with E-state index in [1.807, 2.05) is 41.0 Å². The van der Waals surface area contributed by atoms with E-state index >= 15 is 0 Å². The van der Waals surface area contributed by atoms with E-state index in [9.17, 15) is 4.79 Å². The Morgan fingerprint density at radius 2 is 2.07 bits per heavy atom. The maximum absolute atomic E-state index is 12.7. The Kier molecular flexibility index (Phi) is 5.32. The molecule has 0 saturated heterocycles. The van der Waals surface area contributed by atoms with Crippen molar-refractivity contribution >= 4 is 17.7 Å². The van der Waals surface area contributed by atoms with E-state index in [0.717, 1.165) is 28.9 Å². The van der Waals surface area contributed by atoms with Gasteiger partial charge < -0.3 is 5.32 Å². The average molecular weight is 411 g/mol. The van der Waals surface area contributed by atoms with Crippen LogP contribution in [0.1, 0.15) is 40.0 Å². The van der Waals surface area contributed by atoms with Gasteiger partial charge in [0, 0.05) is 18.2 Å². The highest BCUT2D eigenvalue weighted by Crippen LogP contribution is 2.65. The van der Waals surface area contributed by atoms with E-state index in [0.29, 0.717) is 17.7 Å². The van der Waals surface area contributed by atoms with Gasteiger partial charge in [0.05, 0.1) is 5.75 Å². The second kappa shape index (κ2) is 7.63. The predicted octanol–water partition coefficient (Wildman–Crippen LogP) is 4.55. The first kappa shape index (κ1) is 20.2. The molecule has 1 aromatic carbocycles. The standard InChI is InChI=1S/C23H30N4OS/c1-5-13-27-20(16-9-7-6-8-10-16)25-26-21(27)29-15-19(28)24-18-14-17-11-12-23(18,4)22(17,2)3/h5-10,17-18H,1,11-15H2,2-4H3,(H,24,28). The van der Waals surface area contributed by atoms with E-state index in [-0.39, 0.29) is 17.4 Å². The first-order chi connectivity index (χ1) is 13.9. The largest absolute Gasteiger partial charge is 0.352 e. The summed E-state index contributed by atoms with van der Waals surface area (Å²) in [6.07, 6.45) is 5.43. The minimum absolute atomic E-state index is 0.0824. The van der Waals surface area contributed by atoms with Crippen molar-refractivity contribution in [2.45, 2.75) is 57.8 Å². The fourth-order valence-corrected chi connectivity index (χ4v) is 6.04. The van der Waals surface area contributed by atoms with Gasteiger partial charge in [-0.2, -0.15) is 0 Å². The Morgan fingerprint density at radius 1 is 1.31 bits per heavy atom. The summed E-state index contributed by atoms with van der Waals surface area (Å²) in [7, 11) is 0. The van der Waals surface area contributed by atoms with Crippen LogP contribution in [-0.2, 0) is 11.3 Å². The number of nitrogens with one attached hydrogen (secondary N) is 1. The summed E-state index contributed by atoms with van der Waals surface area (Å²) in [6.45, 7) is 11.6. The molecule has 2 aliphatic rings. The first-order valence-corrected chi connectivity index (χ1v) is 11.4. The van der Waals surface area contributed by atoms with Gasteiger partial charge in [-0.1, -0.05) is 68.9 Å². The van der Waals surface area contributed by atoms with E-state index in [2.05, 4.69) is 42.9 Å². The molecule has 2 saturated carbocycles. The molecule has 5 nitrogen and oxygen atoms in total. The van der Waals surface area contributed by atoms with Crippen LogP contribution in [0, 0.1) is 16.7 Å². The molecular formula is C23H30N4OS. The van der Waals surface area contributed by atoms with Gasteiger partial charge in [-0.25, -0.2) is 0 Å². The minimum Gasteiger partial charge on any atom is -0.352 e. The van der Waals surface area contributed by atoms with Crippen LogP contribution >= 0.6 is 11.8 Å². The Hall–Kier alpha value is -2.08. The lowest BCUT2D eigenvalue weighted by Crippen LogP contribution is -2.47. The molecule has 3 atom stereocenters. The molecule has 4 rings (SSSR count). The van der Waals surface area contributed by atoms with Crippen LogP contribution in [0.15, 0.2) is 48.1 Å². The number of hydrogen-bond donors (Lipinski definition) is 1. The lowest BCUT2D eigenvalue weighted by molar-refractivity contribution is -0.120. The third-order valence-corrected chi connectivity index (χ3v) is 8.49. The Labute approximate surface area is 177 Å². The molecule has 29 heavy (non-hydrogen) atoms. The molecule has 1 amide bonds. The molecule has 2 bridgehead atoms. The first-order valence-electron chi connectivity index (χ1n) is 10.4. The molecule has 2 aromatic rings. The lowest BCUT2D eigenvalue weighted by Gasteiger charge is -2.39. The molecule has 1 aromatic heterocycles. The van der Waals surface area contributed by atoms with Gasteiger partial charge in [-0.05, 0) is 36.0 Å². The summed E-state index contributed by atoms with van der Waals surface area (Å²) in [5.41, 5.74) is 1.50. The van der Waals surface area contributed by atoms with Crippen molar-refractivity contribution in [1.82, 2.24) is 20.1 Å². The van der Waals surface area contributed by atoms with Gasteiger partial charge in [-0.3, -0.25) is 9.36 Å². The number of aromatic nitrogens is 3. The number of benzene rings is 1. The molecule has 0 radical (unpaired) electrons. The number of carbonyl (C=O) groups is 1. The van der Waals surface area contributed by atoms with E-state index in [4.69, 9.17) is 0 Å². The summed E-state index contributed by atoms with van der Waals surface area (Å²) < 4.78 is 2.02. The van der Waals surface area contributed by atoms with Crippen molar-refractivity contribution in [3.63, 3.8) is 0 Å². The summed E-state index contributed by atoms with van der Waals surface area (Å²) in [5.74, 6) is 1.95. The normalized spacial score (nSPS) is 27.1. The molecule has 1 N–H and O–H groups in total. The van der Waals surface area contributed by atoms with Crippen molar-refractivity contribution in [1.29, 1.82) is 0 Å². The number of nitrogens with zero attached hydrogens (tertiary/aromatic N) is 3. The number of carbonyl (C=O) groups excluding carboxylic acids is 1. The fourth-order valence-electron chi connectivity index (χ4n) is 5.28. The quantitative estimate of drug-likeness (QED) is 0.537. The summed E-state index contributed by atoms with van der Waals surface area (Å²) in [5, 5.41) is 12.8. The predicted molar refractivity (Wildman–Crippen MR) is 118 cm³/mol. The van der Waals surface area contributed by atoms with Gasteiger partial charge in [0.1, 0.15) is 0 Å². The molecule has 6 heteroatoms. The minimum atomic E-state index is 0.0824. The van der Waals surface area contributed by atoms with Crippen molar-refractivity contribution < 1.29 is 4.79 Å². The summed E-state index contributed by atoms with van der Waals surface area (Å²) in [4.78, 5) is 12.7. The zero-order valence-electron chi connectivity index (χ0n) is 17.5. The molecule has 1 heterocycles. The molecule has 2 fully saturated rings. The van der Waals surface area contributed by atoms with E-state index in [1.54, 1.807) is 0 Å². The molecule has 3 unspecified atom stereocenters. The Balaban J connectivity index is 1.43. The molecular weight excluding hydrogens is 380 g/mol. The smallest absolute Gasteiger partial charge is 0.230 e. The zero-order valence-corrected chi connectivity index (χ0v) is 18.3. The maximum Gasteiger partial charge on any atom is 0.230 e. The second-order valence-electron chi connectivity index (χ2n) is 9.09. The van der Waals surface area contributed by atoms with Crippen molar-refractivity contribution in [2.75, 3.05) is 5.75 Å². The molecule has 0 aliphatic heterocycles. The van der Waals surface area contributed by atoms with Gasteiger partial charge in [0.25, 0.3) is 0 Å². The monoisotopic (exact) mass is 410 g/mol. The number of thioether (sulfide) groups is 1. The highest BCUT2D eigenvalue weighted by atomic mass is 32.2. The van der Waals surface area contributed by atoms with Gasteiger partial charge in [0.15, 0.2) is 11.0 Å². The highest BCUT2D eigenvalue weighted by molar-refractivity contribution is 7.99.